The standard InChI is InChI=1S/C21H23N3O2/c1-15-8-7-11-17(12-15)20(24(2)3)21(25)22-14-18-13-19(23-26-18)16-9-5-4-6-10-16/h4-13,20H,14H2,1-3H3,(H,22,25)/t20-/m1/s1. The number of nitrogens with one attached hydrogen (secondary N) is 1. The van der Waals surface area contributed by atoms with E-state index in [1.165, 1.54) is 0 Å². The molecule has 134 valence electrons. The Bertz CT molecular complexity index is 872. The van der Waals surface area contributed by atoms with Gasteiger partial charge in [-0.2, -0.15) is 0 Å². The van der Waals surface area contributed by atoms with Crippen molar-refractivity contribution < 1.29 is 9.32 Å². The molecule has 1 atom stereocenters. The minimum absolute atomic E-state index is 0.0711. The number of carbonyl (C=O) groups is 1. The van der Waals surface area contributed by atoms with Crippen LogP contribution < -0.4 is 5.32 Å². The van der Waals surface area contributed by atoms with Crippen molar-refractivity contribution in [3.63, 3.8) is 0 Å². The largest absolute Gasteiger partial charge is 0.359 e. The summed E-state index contributed by atoms with van der Waals surface area (Å²) in [5.74, 6) is 0.553. The van der Waals surface area contributed by atoms with Crippen molar-refractivity contribution in [2.45, 2.75) is 19.5 Å². The predicted octanol–water partition coefficient (Wildman–Crippen LogP) is 3.57. The second-order valence-corrected chi connectivity index (χ2v) is 6.54. The fraction of sp³-hybridized carbons (Fsp3) is 0.238. The first-order valence-corrected chi connectivity index (χ1v) is 8.56. The van der Waals surface area contributed by atoms with Crippen molar-refractivity contribution >= 4 is 5.91 Å². The number of benzene rings is 2. The summed E-state index contributed by atoms with van der Waals surface area (Å²) in [7, 11) is 3.79. The number of hydrogen-bond acceptors (Lipinski definition) is 4. The number of likely N-dealkylation sites (N-methyl/N-ethyl adjacent to an activating group) is 1. The Hall–Kier alpha value is -2.92. The van der Waals surface area contributed by atoms with E-state index < -0.39 is 0 Å². The van der Waals surface area contributed by atoms with E-state index in [1.54, 1.807) is 0 Å². The number of nitrogens with zero attached hydrogens (tertiary/aromatic N) is 2. The minimum atomic E-state index is -0.355. The number of aryl methyl sites for hydroxylation is 1. The Morgan fingerprint density at radius 3 is 2.58 bits per heavy atom. The molecule has 0 aliphatic rings. The molecule has 5 nitrogen and oxygen atoms in total. The minimum Gasteiger partial charge on any atom is -0.359 e. The Kier molecular flexibility index (Phi) is 5.49. The zero-order valence-corrected chi connectivity index (χ0v) is 15.3. The maximum atomic E-state index is 12.7. The highest BCUT2D eigenvalue weighted by Crippen LogP contribution is 2.21. The highest BCUT2D eigenvalue weighted by molar-refractivity contribution is 5.83. The molecule has 1 amide bonds. The quantitative estimate of drug-likeness (QED) is 0.739. The maximum Gasteiger partial charge on any atom is 0.242 e. The second kappa shape index (κ2) is 7.97. The number of rotatable bonds is 6. The first-order chi connectivity index (χ1) is 12.5. The van der Waals surface area contributed by atoms with E-state index in [0.29, 0.717) is 12.3 Å². The molecule has 0 bridgehead atoms. The molecule has 1 heterocycles. The molecule has 0 aliphatic carbocycles. The maximum absolute atomic E-state index is 12.7. The third kappa shape index (κ3) is 4.18. The van der Waals surface area contributed by atoms with Gasteiger partial charge in [-0.25, -0.2) is 0 Å². The molecule has 0 saturated heterocycles. The lowest BCUT2D eigenvalue weighted by atomic mass is 10.0. The van der Waals surface area contributed by atoms with Crippen LogP contribution in [0.5, 0.6) is 0 Å². The van der Waals surface area contributed by atoms with Crippen molar-refractivity contribution in [1.82, 2.24) is 15.4 Å². The average Bonchev–Trinajstić information content (AvgIpc) is 3.10. The van der Waals surface area contributed by atoms with Crippen LogP contribution in [0.3, 0.4) is 0 Å². The molecule has 3 rings (SSSR count). The summed E-state index contributed by atoms with van der Waals surface area (Å²) < 4.78 is 5.36. The van der Waals surface area contributed by atoms with Crippen molar-refractivity contribution in [3.05, 3.63) is 77.6 Å². The van der Waals surface area contributed by atoms with Crippen LogP contribution in [0.2, 0.25) is 0 Å². The van der Waals surface area contributed by atoms with Crippen LogP contribution in [-0.2, 0) is 11.3 Å². The van der Waals surface area contributed by atoms with Crippen LogP contribution in [0.1, 0.15) is 22.9 Å². The van der Waals surface area contributed by atoms with Crippen molar-refractivity contribution in [1.29, 1.82) is 0 Å². The summed E-state index contributed by atoms with van der Waals surface area (Å²) in [5.41, 5.74) is 3.84. The van der Waals surface area contributed by atoms with Gasteiger partial charge in [-0.1, -0.05) is 65.3 Å². The lowest BCUT2D eigenvalue weighted by molar-refractivity contribution is -0.126. The number of hydrogen-bond donors (Lipinski definition) is 1. The fourth-order valence-corrected chi connectivity index (χ4v) is 2.94. The summed E-state index contributed by atoms with van der Waals surface area (Å²) in [6, 6.07) is 19.3. The lowest BCUT2D eigenvalue weighted by Gasteiger charge is -2.24. The van der Waals surface area contributed by atoms with Gasteiger partial charge in [0.1, 0.15) is 11.7 Å². The summed E-state index contributed by atoms with van der Waals surface area (Å²) in [6.07, 6.45) is 0. The van der Waals surface area contributed by atoms with E-state index >= 15 is 0 Å². The summed E-state index contributed by atoms with van der Waals surface area (Å²) in [6.45, 7) is 2.32. The van der Waals surface area contributed by atoms with Gasteiger partial charge >= 0.3 is 0 Å². The lowest BCUT2D eigenvalue weighted by Crippen LogP contribution is -2.36. The van der Waals surface area contributed by atoms with Crippen LogP contribution in [-0.4, -0.2) is 30.1 Å². The molecule has 0 saturated carbocycles. The molecule has 0 aliphatic heterocycles. The molecule has 0 fully saturated rings. The van der Waals surface area contributed by atoms with Gasteiger partial charge in [0.15, 0.2) is 5.76 Å². The molecular formula is C21H23N3O2. The van der Waals surface area contributed by atoms with Gasteiger partial charge in [-0.05, 0) is 26.6 Å². The fourth-order valence-electron chi connectivity index (χ4n) is 2.94. The SMILES string of the molecule is Cc1cccc([C@H](C(=O)NCc2cc(-c3ccccc3)no2)N(C)C)c1. The van der Waals surface area contributed by atoms with Gasteiger partial charge in [0.25, 0.3) is 0 Å². The topological polar surface area (TPSA) is 58.4 Å². The van der Waals surface area contributed by atoms with Gasteiger partial charge in [0.2, 0.25) is 5.91 Å². The first-order valence-electron chi connectivity index (χ1n) is 8.56. The van der Waals surface area contributed by atoms with Gasteiger partial charge in [-0.3, -0.25) is 9.69 Å². The third-order valence-electron chi connectivity index (χ3n) is 4.19. The normalized spacial score (nSPS) is 12.2. The Morgan fingerprint density at radius 1 is 1.12 bits per heavy atom. The van der Waals surface area contributed by atoms with Crippen LogP contribution in [0.15, 0.2) is 65.2 Å². The highest BCUT2D eigenvalue weighted by Gasteiger charge is 2.23. The molecule has 0 radical (unpaired) electrons. The van der Waals surface area contributed by atoms with Gasteiger partial charge in [0.05, 0.1) is 6.54 Å². The predicted molar refractivity (Wildman–Crippen MR) is 101 cm³/mol. The zero-order valence-electron chi connectivity index (χ0n) is 15.3. The Morgan fingerprint density at radius 2 is 1.88 bits per heavy atom. The second-order valence-electron chi connectivity index (χ2n) is 6.54. The summed E-state index contributed by atoms with van der Waals surface area (Å²) in [4.78, 5) is 14.6. The van der Waals surface area contributed by atoms with Crippen LogP contribution in [0.25, 0.3) is 11.3 Å². The molecule has 26 heavy (non-hydrogen) atoms. The molecule has 2 aromatic carbocycles. The van der Waals surface area contributed by atoms with Crippen molar-refractivity contribution in [3.8, 4) is 11.3 Å². The number of aromatic nitrogens is 1. The smallest absolute Gasteiger partial charge is 0.242 e. The van der Waals surface area contributed by atoms with E-state index in [4.69, 9.17) is 4.52 Å². The molecule has 0 spiro atoms. The van der Waals surface area contributed by atoms with E-state index in [0.717, 1.165) is 22.4 Å². The average molecular weight is 349 g/mol. The van der Waals surface area contributed by atoms with E-state index in [-0.39, 0.29) is 11.9 Å². The molecule has 5 heteroatoms. The van der Waals surface area contributed by atoms with E-state index in [9.17, 15) is 4.79 Å². The van der Waals surface area contributed by atoms with Gasteiger partial charge in [-0.15, -0.1) is 0 Å². The molecule has 1 aromatic heterocycles. The first kappa shape index (κ1) is 17.9. The van der Waals surface area contributed by atoms with Crippen molar-refractivity contribution in [2.75, 3.05) is 14.1 Å². The third-order valence-corrected chi connectivity index (χ3v) is 4.19. The summed E-state index contributed by atoms with van der Waals surface area (Å²) >= 11 is 0. The van der Waals surface area contributed by atoms with E-state index in [1.807, 2.05) is 86.6 Å². The van der Waals surface area contributed by atoms with Crippen molar-refractivity contribution in [2.24, 2.45) is 0 Å². The molecule has 3 aromatic rings. The van der Waals surface area contributed by atoms with E-state index in [2.05, 4.69) is 10.5 Å². The molecular weight excluding hydrogens is 326 g/mol. The Labute approximate surface area is 153 Å². The van der Waals surface area contributed by atoms with Crippen LogP contribution >= 0.6 is 0 Å². The van der Waals surface area contributed by atoms with Gasteiger partial charge < -0.3 is 9.84 Å². The van der Waals surface area contributed by atoms with Crippen LogP contribution in [0.4, 0.5) is 0 Å². The van der Waals surface area contributed by atoms with Gasteiger partial charge in [0, 0.05) is 11.6 Å². The monoisotopic (exact) mass is 349 g/mol. The Balaban J connectivity index is 1.68. The summed E-state index contributed by atoms with van der Waals surface area (Å²) in [5, 5.41) is 7.03. The molecule has 1 N–H and O–H groups in total. The zero-order chi connectivity index (χ0) is 18.5. The highest BCUT2D eigenvalue weighted by atomic mass is 16.5. The number of amides is 1. The number of carbonyl (C=O) groups excluding carboxylic acids is 1. The van der Waals surface area contributed by atoms with Crippen LogP contribution in [0, 0.1) is 6.92 Å². The molecule has 0 unspecified atom stereocenters.